The van der Waals surface area contributed by atoms with Crippen molar-refractivity contribution in [2.24, 2.45) is 11.8 Å². The maximum atomic E-state index is 13.1. The number of anilines is 2. The van der Waals surface area contributed by atoms with Crippen LogP contribution in [0.1, 0.15) is 17.5 Å². The smallest absolute Gasteiger partial charge is 0.228 e. The zero-order chi connectivity index (χ0) is 17.3. The minimum atomic E-state index is -0.410. The Morgan fingerprint density at radius 1 is 0.917 bits per heavy atom. The van der Waals surface area contributed by atoms with Crippen LogP contribution in [0.25, 0.3) is 0 Å². The summed E-state index contributed by atoms with van der Waals surface area (Å²) in [5.41, 5.74) is 3.40. The van der Waals surface area contributed by atoms with Crippen LogP contribution in [0, 0.1) is 31.5 Å². The second-order valence-corrected chi connectivity index (χ2v) is 6.24. The molecule has 2 amide bonds. The van der Waals surface area contributed by atoms with Gasteiger partial charge >= 0.3 is 0 Å². The average molecular weight is 326 g/mol. The fourth-order valence-corrected chi connectivity index (χ4v) is 2.63. The van der Waals surface area contributed by atoms with Gasteiger partial charge in [-0.25, -0.2) is 4.39 Å². The van der Waals surface area contributed by atoms with E-state index in [2.05, 4.69) is 10.6 Å². The Kier molecular flexibility index (Phi) is 4.34. The van der Waals surface area contributed by atoms with E-state index in [1.807, 2.05) is 32.0 Å². The molecule has 2 N–H and O–H groups in total. The zero-order valence-electron chi connectivity index (χ0n) is 13.6. The van der Waals surface area contributed by atoms with Crippen molar-refractivity contribution in [1.29, 1.82) is 0 Å². The van der Waals surface area contributed by atoms with E-state index in [1.54, 1.807) is 6.07 Å². The van der Waals surface area contributed by atoms with Crippen molar-refractivity contribution in [2.45, 2.75) is 20.3 Å². The number of benzene rings is 2. The van der Waals surface area contributed by atoms with Crippen LogP contribution in [0.2, 0.25) is 0 Å². The number of hydrogen-bond acceptors (Lipinski definition) is 2. The molecule has 2 unspecified atom stereocenters. The molecule has 1 saturated carbocycles. The van der Waals surface area contributed by atoms with Gasteiger partial charge in [-0.05, 0) is 61.7 Å². The number of hydrogen-bond donors (Lipinski definition) is 2. The highest BCUT2D eigenvalue weighted by atomic mass is 19.1. The lowest BCUT2D eigenvalue weighted by Crippen LogP contribution is -2.20. The minimum Gasteiger partial charge on any atom is -0.326 e. The lowest BCUT2D eigenvalue weighted by molar-refractivity contribution is -0.122. The lowest BCUT2D eigenvalue weighted by atomic mass is 10.1. The van der Waals surface area contributed by atoms with Crippen LogP contribution >= 0.6 is 0 Å². The highest BCUT2D eigenvalue weighted by molar-refractivity contribution is 6.03. The highest BCUT2D eigenvalue weighted by Gasteiger charge is 2.48. The molecule has 0 heterocycles. The molecule has 1 aliphatic rings. The maximum Gasteiger partial charge on any atom is 0.228 e. The molecule has 5 heteroatoms. The van der Waals surface area contributed by atoms with Gasteiger partial charge in [-0.1, -0.05) is 12.1 Å². The minimum absolute atomic E-state index is 0.155. The molecule has 0 bridgehead atoms. The summed E-state index contributed by atoms with van der Waals surface area (Å²) >= 11 is 0. The van der Waals surface area contributed by atoms with Crippen molar-refractivity contribution in [1.82, 2.24) is 0 Å². The molecule has 4 nitrogen and oxygen atoms in total. The van der Waals surface area contributed by atoms with E-state index < -0.39 is 5.82 Å². The standard InChI is InChI=1S/C19H19FN2O2/c1-11-6-7-15(8-12(11)2)22-19(24)17-10-16(17)18(23)21-14-5-3-4-13(20)9-14/h3-9,16-17H,10H2,1-2H3,(H,21,23)(H,22,24). The Morgan fingerprint density at radius 3 is 2.12 bits per heavy atom. The van der Waals surface area contributed by atoms with Crippen molar-refractivity contribution in [3.63, 3.8) is 0 Å². The zero-order valence-corrected chi connectivity index (χ0v) is 13.6. The van der Waals surface area contributed by atoms with Gasteiger partial charge in [-0.2, -0.15) is 0 Å². The van der Waals surface area contributed by atoms with E-state index in [9.17, 15) is 14.0 Å². The summed E-state index contributed by atoms with van der Waals surface area (Å²) in [6.45, 7) is 3.99. The topological polar surface area (TPSA) is 58.2 Å². The molecular formula is C19H19FN2O2. The summed E-state index contributed by atoms with van der Waals surface area (Å²) in [6, 6.07) is 11.4. The van der Waals surface area contributed by atoms with Gasteiger partial charge in [0.25, 0.3) is 0 Å². The number of carbonyl (C=O) groups excluding carboxylic acids is 2. The number of nitrogens with one attached hydrogen (secondary N) is 2. The molecule has 0 aliphatic heterocycles. The van der Waals surface area contributed by atoms with E-state index in [0.717, 1.165) is 16.8 Å². The fourth-order valence-electron chi connectivity index (χ4n) is 2.63. The summed E-state index contributed by atoms with van der Waals surface area (Å²) in [5, 5.41) is 5.50. The molecule has 2 aromatic rings. The molecule has 3 rings (SSSR count). The van der Waals surface area contributed by atoms with Crippen LogP contribution in [0.15, 0.2) is 42.5 Å². The van der Waals surface area contributed by atoms with Crippen LogP contribution in [0.3, 0.4) is 0 Å². The van der Waals surface area contributed by atoms with E-state index >= 15 is 0 Å². The summed E-state index contributed by atoms with van der Waals surface area (Å²) in [6.07, 6.45) is 0.512. The van der Waals surface area contributed by atoms with Crippen LogP contribution in [0.4, 0.5) is 15.8 Å². The summed E-state index contributed by atoms with van der Waals surface area (Å²) < 4.78 is 13.1. The van der Waals surface area contributed by atoms with Gasteiger partial charge in [-0.15, -0.1) is 0 Å². The molecule has 2 atom stereocenters. The van der Waals surface area contributed by atoms with Crippen molar-refractivity contribution in [3.8, 4) is 0 Å². The Balaban J connectivity index is 1.57. The SMILES string of the molecule is Cc1ccc(NC(=O)C2CC2C(=O)Nc2cccc(F)c2)cc1C. The summed E-state index contributed by atoms with van der Waals surface area (Å²) in [7, 11) is 0. The maximum absolute atomic E-state index is 13.1. The molecular weight excluding hydrogens is 307 g/mol. The Morgan fingerprint density at radius 2 is 1.54 bits per heavy atom. The number of amides is 2. The first-order valence-electron chi connectivity index (χ1n) is 7.88. The first-order valence-corrected chi connectivity index (χ1v) is 7.88. The Labute approximate surface area is 140 Å². The Hall–Kier alpha value is -2.69. The van der Waals surface area contributed by atoms with E-state index in [-0.39, 0.29) is 23.7 Å². The van der Waals surface area contributed by atoms with Crippen LogP contribution < -0.4 is 10.6 Å². The third-order valence-electron chi connectivity index (χ3n) is 4.33. The van der Waals surface area contributed by atoms with E-state index in [4.69, 9.17) is 0 Å². The van der Waals surface area contributed by atoms with Crippen LogP contribution in [-0.2, 0) is 9.59 Å². The monoisotopic (exact) mass is 326 g/mol. The first kappa shape index (κ1) is 16.2. The van der Waals surface area contributed by atoms with Gasteiger partial charge in [0.05, 0.1) is 11.8 Å². The lowest BCUT2D eigenvalue weighted by Gasteiger charge is -2.08. The quantitative estimate of drug-likeness (QED) is 0.901. The molecule has 0 aromatic heterocycles. The summed E-state index contributed by atoms with van der Waals surface area (Å²) in [5.74, 6) is -1.51. The molecule has 2 aromatic carbocycles. The number of carbonyl (C=O) groups is 2. The highest BCUT2D eigenvalue weighted by Crippen LogP contribution is 2.40. The number of rotatable bonds is 4. The Bertz CT molecular complexity index is 804. The van der Waals surface area contributed by atoms with Gasteiger partial charge < -0.3 is 10.6 Å². The molecule has 24 heavy (non-hydrogen) atoms. The van der Waals surface area contributed by atoms with E-state index in [0.29, 0.717) is 12.1 Å². The molecule has 1 aliphatic carbocycles. The third-order valence-corrected chi connectivity index (χ3v) is 4.33. The van der Waals surface area contributed by atoms with Crippen molar-refractivity contribution < 1.29 is 14.0 Å². The normalized spacial score (nSPS) is 18.8. The van der Waals surface area contributed by atoms with Gasteiger partial charge in [0.1, 0.15) is 5.82 Å². The van der Waals surface area contributed by atoms with E-state index in [1.165, 1.54) is 18.2 Å². The van der Waals surface area contributed by atoms with Crippen LogP contribution in [-0.4, -0.2) is 11.8 Å². The second-order valence-electron chi connectivity index (χ2n) is 6.24. The fraction of sp³-hybridized carbons (Fsp3) is 0.263. The molecule has 0 saturated heterocycles. The second kappa shape index (κ2) is 6.43. The average Bonchev–Trinajstić information content (AvgIpc) is 3.32. The molecule has 1 fully saturated rings. The first-order chi connectivity index (χ1) is 11.4. The van der Waals surface area contributed by atoms with Crippen LogP contribution in [0.5, 0.6) is 0 Å². The largest absolute Gasteiger partial charge is 0.326 e. The number of aryl methyl sites for hydroxylation is 2. The molecule has 0 radical (unpaired) electrons. The van der Waals surface area contributed by atoms with Gasteiger partial charge in [0, 0.05) is 11.4 Å². The molecule has 0 spiro atoms. The third kappa shape index (κ3) is 3.62. The molecule has 124 valence electrons. The van der Waals surface area contributed by atoms with Gasteiger partial charge in [-0.3, -0.25) is 9.59 Å². The number of halogens is 1. The predicted octanol–water partition coefficient (Wildman–Crippen LogP) is 3.66. The van der Waals surface area contributed by atoms with Crippen molar-refractivity contribution >= 4 is 23.2 Å². The summed E-state index contributed by atoms with van der Waals surface area (Å²) in [4.78, 5) is 24.4. The predicted molar refractivity (Wildman–Crippen MR) is 91.2 cm³/mol. The van der Waals surface area contributed by atoms with Crippen molar-refractivity contribution in [3.05, 3.63) is 59.4 Å². The van der Waals surface area contributed by atoms with Crippen molar-refractivity contribution in [2.75, 3.05) is 10.6 Å². The van der Waals surface area contributed by atoms with Gasteiger partial charge in [0.2, 0.25) is 11.8 Å². The van der Waals surface area contributed by atoms with Gasteiger partial charge in [0.15, 0.2) is 0 Å².